The van der Waals surface area contributed by atoms with Crippen LogP contribution in [0.5, 0.6) is 0 Å². The van der Waals surface area contributed by atoms with E-state index in [0.717, 1.165) is 6.07 Å². The molecule has 1 heterocycles. The predicted octanol–water partition coefficient (Wildman–Crippen LogP) is 5.54. The Bertz CT molecular complexity index is 651. The lowest BCUT2D eigenvalue weighted by Gasteiger charge is -2.13. The van der Waals surface area contributed by atoms with Crippen molar-refractivity contribution in [1.29, 1.82) is 0 Å². The van der Waals surface area contributed by atoms with Gasteiger partial charge in [0, 0.05) is 15.6 Å². The smallest absolute Gasteiger partial charge is 0.216 e. The Morgan fingerprint density at radius 3 is 2.15 bits per heavy atom. The van der Waals surface area contributed by atoms with Crippen molar-refractivity contribution >= 4 is 39.1 Å². The van der Waals surface area contributed by atoms with E-state index in [0.29, 0.717) is 10.0 Å². The molecule has 2 rings (SSSR count). The molecule has 0 aliphatic carbocycles. The highest BCUT2D eigenvalue weighted by Crippen LogP contribution is 2.38. The fraction of sp³-hybridized carbons (Fsp3) is 0.167. The number of hydrogen-bond acceptors (Lipinski definition) is 2. The molecule has 0 aliphatic heterocycles. The molecule has 2 nitrogen and oxygen atoms in total. The summed E-state index contributed by atoms with van der Waals surface area (Å²) in [5, 5.41) is 0.0482. The summed E-state index contributed by atoms with van der Waals surface area (Å²) in [5.41, 5.74) is -0.616. The van der Waals surface area contributed by atoms with Crippen LogP contribution >= 0.6 is 39.1 Å². The summed E-state index contributed by atoms with van der Waals surface area (Å²) in [6.07, 6.45) is -4.54. The van der Waals surface area contributed by atoms with Crippen molar-refractivity contribution in [3.63, 3.8) is 0 Å². The molecule has 0 radical (unpaired) electrons. The molecular weight excluding hydrogens is 380 g/mol. The summed E-state index contributed by atoms with van der Waals surface area (Å²) in [6.45, 7) is 1.58. The molecule has 0 saturated heterocycles. The lowest BCUT2D eigenvalue weighted by atomic mass is 10.1. The predicted molar refractivity (Wildman–Crippen MR) is 74.9 cm³/mol. The van der Waals surface area contributed by atoms with E-state index < -0.39 is 11.7 Å². The minimum Gasteiger partial charge on any atom is -0.216 e. The SMILES string of the molecule is Cc1c(Cl)nc(-c2ccc(Br)cc2C(F)(F)F)nc1Cl. The van der Waals surface area contributed by atoms with E-state index >= 15 is 0 Å². The van der Waals surface area contributed by atoms with Crippen LogP contribution in [0.25, 0.3) is 11.4 Å². The monoisotopic (exact) mass is 384 g/mol. The van der Waals surface area contributed by atoms with Crippen molar-refractivity contribution < 1.29 is 13.2 Å². The maximum absolute atomic E-state index is 13.1. The molecule has 0 atom stereocenters. The summed E-state index contributed by atoms with van der Waals surface area (Å²) >= 11 is 14.7. The highest BCUT2D eigenvalue weighted by atomic mass is 79.9. The van der Waals surface area contributed by atoms with Gasteiger partial charge in [-0.25, -0.2) is 9.97 Å². The van der Waals surface area contributed by atoms with Crippen molar-refractivity contribution in [3.8, 4) is 11.4 Å². The number of benzene rings is 1. The second-order valence-corrected chi connectivity index (χ2v) is 5.57. The van der Waals surface area contributed by atoms with Gasteiger partial charge in [-0.1, -0.05) is 39.1 Å². The van der Waals surface area contributed by atoms with Gasteiger partial charge in [-0.15, -0.1) is 0 Å². The van der Waals surface area contributed by atoms with E-state index in [1.54, 1.807) is 6.92 Å². The maximum Gasteiger partial charge on any atom is 0.417 e. The van der Waals surface area contributed by atoms with Crippen LogP contribution in [-0.4, -0.2) is 9.97 Å². The minimum absolute atomic E-state index is 0.0241. The van der Waals surface area contributed by atoms with Gasteiger partial charge in [-0.3, -0.25) is 0 Å². The first-order chi connectivity index (χ1) is 9.20. The lowest BCUT2D eigenvalue weighted by molar-refractivity contribution is -0.137. The van der Waals surface area contributed by atoms with Gasteiger partial charge >= 0.3 is 6.18 Å². The molecular formula is C12H6BrCl2F3N2. The average molecular weight is 386 g/mol. The van der Waals surface area contributed by atoms with Crippen molar-refractivity contribution in [3.05, 3.63) is 44.1 Å². The van der Waals surface area contributed by atoms with Crippen LogP contribution in [0.15, 0.2) is 22.7 Å². The van der Waals surface area contributed by atoms with Gasteiger partial charge in [-0.2, -0.15) is 13.2 Å². The second kappa shape index (κ2) is 5.50. The van der Waals surface area contributed by atoms with Crippen LogP contribution < -0.4 is 0 Å². The second-order valence-electron chi connectivity index (χ2n) is 3.94. The molecule has 0 saturated carbocycles. The molecule has 1 aromatic heterocycles. The zero-order valence-corrected chi connectivity index (χ0v) is 13.0. The topological polar surface area (TPSA) is 25.8 Å². The molecule has 0 unspecified atom stereocenters. The molecule has 0 amide bonds. The van der Waals surface area contributed by atoms with E-state index in [1.165, 1.54) is 12.1 Å². The molecule has 0 fully saturated rings. The van der Waals surface area contributed by atoms with E-state index in [-0.39, 0.29) is 21.7 Å². The summed E-state index contributed by atoms with van der Waals surface area (Å²) < 4.78 is 39.5. The maximum atomic E-state index is 13.1. The highest BCUT2D eigenvalue weighted by molar-refractivity contribution is 9.10. The fourth-order valence-corrected chi connectivity index (χ4v) is 2.28. The molecule has 0 spiro atoms. The normalized spacial score (nSPS) is 11.8. The summed E-state index contributed by atoms with van der Waals surface area (Å²) in [5.74, 6) is -0.162. The van der Waals surface area contributed by atoms with E-state index in [4.69, 9.17) is 23.2 Å². The minimum atomic E-state index is -4.54. The van der Waals surface area contributed by atoms with Crippen LogP contribution in [0, 0.1) is 6.92 Å². The zero-order valence-electron chi connectivity index (χ0n) is 9.89. The fourth-order valence-electron chi connectivity index (χ4n) is 1.53. The standard InChI is InChI=1S/C12H6BrCl2F3N2/c1-5-9(14)19-11(20-10(5)15)7-3-2-6(13)4-8(7)12(16,17)18/h2-4H,1H3. The van der Waals surface area contributed by atoms with Crippen molar-refractivity contribution in [2.24, 2.45) is 0 Å². The molecule has 0 aliphatic rings. The summed E-state index contributed by atoms with van der Waals surface area (Å²) in [7, 11) is 0. The number of rotatable bonds is 1. The van der Waals surface area contributed by atoms with E-state index in [1.807, 2.05) is 0 Å². The molecule has 2 aromatic rings. The van der Waals surface area contributed by atoms with Crippen molar-refractivity contribution in [2.45, 2.75) is 13.1 Å². The number of hydrogen-bond donors (Lipinski definition) is 0. The zero-order chi connectivity index (χ0) is 15.1. The van der Waals surface area contributed by atoms with Gasteiger partial charge in [0.15, 0.2) is 5.82 Å². The molecule has 0 bridgehead atoms. The Labute approximate surface area is 131 Å². The molecule has 20 heavy (non-hydrogen) atoms. The highest BCUT2D eigenvalue weighted by Gasteiger charge is 2.34. The summed E-state index contributed by atoms with van der Waals surface area (Å²) in [6, 6.07) is 3.69. The largest absolute Gasteiger partial charge is 0.417 e. The molecule has 0 N–H and O–H groups in total. The van der Waals surface area contributed by atoms with Gasteiger partial charge < -0.3 is 0 Å². The van der Waals surface area contributed by atoms with Crippen molar-refractivity contribution in [2.75, 3.05) is 0 Å². The third kappa shape index (κ3) is 3.07. The van der Waals surface area contributed by atoms with Gasteiger partial charge in [0.1, 0.15) is 10.3 Å². The van der Waals surface area contributed by atoms with Crippen LogP contribution in [0.3, 0.4) is 0 Å². The third-order valence-electron chi connectivity index (χ3n) is 2.55. The number of aromatic nitrogens is 2. The Kier molecular flexibility index (Phi) is 4.27. The first-order valence-corrected chi connectivity index (χ1v) is 6.82. The van der Waals surface area contributed by atoms with Gasteiger partial charge in [-0.05, 0) is 25.1 Å². The number of halogens is 6. The van der Waals surface area contributed by atoms with E-state index in [9.17, 15) is 13.2 Å². The Hall–Kier alpha value is -0.850. The molecule has 8 heteroatoms. The van der Waals surface area contributed by atoms with Crippen LogP contribution in [-0.2, 0) is 6.18 Å². The number of nitrogens with zero attached hydrogens (tertiary/aromatic N) is 2. The molecule has 106 valence electrons. The third-order valence-corrected chi connectivity index (χ3v) is 3.78. The first-order valence-electron chi connectivity index (χ1n) is 5.27. The van der Waals surface area contributed by atoms with Gasteiger partial charge in [0.2, 0.25) is 0 Å². The number of alkyl halides is 3. The quantitative estimate of drug-likeness (QED) is 0.602. The van der Waals surface area contributed by atoms with Gasteiger partial charge in [0.25, 0.3) is 0 Å². The lowest BCUT2D eigenvalue weighted by Crippen LogP contribution is -2.08. The van der Waals surface area contributed by atoms with Crippen molar-refractivity contribution in [1.82, 2.24) is 9.97 Å². The summed E-state index contributed by atoms with van der Waals surface area (Å²) in [4.78, 5) is 7.72. The van der Waals surface area contributed by atoms with Gasteiger partial charge in [0.05, 0.1) is 5.56 Å². The van der Waals surface area contributed by atoms with Crippen LogP contribution in [0.1, 0.15) is 11.1 Å². The van der Waals surface area contributed by atoms with E-state index in [2.05, 4.69) is 25.9 Å². The Morgan fingerprint density at radius 2 is 1.65 bits per heavy atom. The Balaban J connectivity index is 2.70. The average Bonchev–Trinajstić information content (AvgIpc) is 2.34. The molecule has 1 aromatic carbocycles. The van der Waals surface area contributed by atoms with Crippen LogP contribution in [0.2, 0.25) is 10.3 Å². The van der Waals surface area contributed by atoms with Crippen LogP contribution in [0.4, 0.5) is 13.2 Å². The Morgan fingerprint density at radius 1 is 1.10 bits per heavy atom. The first kappa shape index (κ1) is 15.5.